The van der Waals surface area contributed by atoms with Crippen LogP contribution in [0.25, 0.3) is 6.08 Å². The normalized spacial score (nSPS) is 15.1. The number of nitrogens with zero attached hydrogens (tertiary/aromatic N) is 1. The van der Waals surface area contributed by atoms with E-state index in [0.29, 0.717) is 25.1 Å². The maximum atomic E-state index is 12.2. The Morgan fingerprint density at radius 1 is 1.30 bits per heavy atom. The molecule has 23 heavy (non-hydrogen) atoms. The number of rotatable bonds is 2. The molecule has 0 aromatic heterocycles. The number of benzene rings is 1. The Bertz CT molecular complexity index is 655. The van der Waals surface area contributed by atoms with Gasteiger partial charge in [0.2, 0.25) is 0 Å². The van der Waals surface area contributed by atoms with Gasteiger partial charge in [0.15, 0.2) is 0 Å². The summed E-state index contributed by atoms with van der Waals surface area (Å²) in [5.74, 6) is -0.922. The third kappa shape index (κ3) is 4.34. The van der Waals surface area contributed by atoms with Gasteiger partial charge in [-0.3, -0.25) is 0 Å². The molecule has 0 atom stereocenters. The molecule has 124 valence electrons. The summed E-state index contributed by atoms with van der Waals surface area (Å²) in [4.78, 5) is 24.9. The first kappa shape index (κ1) is 17.1. The van der Waals surface area contributed by atoms with Crippen molar-refractivity contribution in [3.63, 3.8) is 0 Å². The van der Waals surface area contributed by atoms with Gasteiger partial charge in [-0.1, -0.05) is 18.2 Å². The lowest BCUT2D eigenvalue weighted by molar-refractivity contribution is -0.132. The number of carboxylic acid groups (broad SMARTS) is 1. The highest BCUT2D eigenvalue weighted by Crippen LogP contribution is 2.25. The van der Waals surface area contributed by atoms with Gasteiger partial charge in [-0.25, -0.2) is 9.59 Å². The van der Waals surface area contributed by atoms with E-state index >= 15 is 0 Å². The van der Waals surface area contributed by atoms with Crippen molar-refractivity contribution in [1.29, 1.82) is 0 Å². The molecule has 0 fully saturated rings. The highest BCUT2D eigenvalue weighted by atomic mass is 16.6. The van der Waals surface area contributed by atoms with Crippen LogP contribution in [0.1, 0.15) is 44.4 Å². The molecule has 0 radical (unpaired) electrons. The second kappa shape index (κ2) is 6.44. The quantitative estimate of drug-likeness (QED) is 0.848. The number of hydrogen-bond donors (Lipinski definition) is 1. The predicted molar refractivity (Wildman–Crippen MR) is 88.1 cm³/mol. The number of carbonyl (C=O) groups excluding carboxylic acids is 1. The Labute approximate surface area is 136 Å². The van der Waals surface area contributed by atoms with E-state index in [1.54, 1.807) is 17.9 Å². The fourth-order valence-electron chi connectivity index (χ4n) is 2.55. The van der Waals surface area contributed by atoms with Gasteiger partial charge in [-0.15, -0.1) is 0 Å². The van der Waals surface area contributed by atoms with Crippen LogP contribution in [0.2, 0.25) is 0 Å². The third-order valence-corrected chi connectivity index (χ3v) is 3.66. The number of carboxylic acids is 1. The first-order valence-electron chi connectivity index (χ1n) is 7.67. The Kier molecular flexibility index (Phi) is 4.78. The summed E-state index contributed by atoms with van der Waals surface area (Å²) < 4.78 is 5.42. The molecule has 0 unspecified atom stereocenters. The molecule has 1 aliphatic heterocycles. The maximum Gasteiger partial charge on any atom is 0.410 e. The summed E-state index contributed by atoms with van der Waals surface area (Å²) in [6.07, 6.45) is 2.06. The maximum absolute atomic E-state index is 12.2. The molecular formula is C18H23NO4. The van der Waals surface area contributed by atoms with E-state index in [2.05, 4.69) is 0 Å². The van der Waals surface area contributed by atoms with E-state index in [9.17, 15) is 9.59 Å². The number of ether oxygens (including phenoxy) is 1. The van der Waals surface area contributed by atoms with Crippen molar-refractivity contribution in [2.45, 2.75) is 46.3 Å². The minimum absolute atomic E-state index is 0.299. The predicted octanol–water partition coefficient (Wildman–Crippen LogP) is 3.47. The van der Waals surface area contributed by atoms with Gasteiger partial charge in [-0.2, -0.15) is 0 Å². The van der Waals surface area contributed by atoms with E-state index < -0.39 is 11.6 Å². The fraction of sp³-hybridized carbons (Fsp3) is 0.444. The average molecular weight is 317 g/mol. The molecule has 0 spiro atoms. The van der Waals surface area contributed by atoms with Gasteiger partial charge in [0.1, 0.15) is 5.60 Å². The topological polar surface area (TPSA) is 66.8 Å². The van der Waals surface area contributed by atoms with Crippen molar-refractivity contribution in [1.82, 2.24) is 4.90 Å². The van der Waals surface area contributed by atoms with Gasteiger partial charge < -0.3 is 14.7 Å². The number of fused-ring (bicyclic) bond motifs is 1. The van der Waals surface area contributed by atoms with Crippen molar-refractivity contribution in [3.05, 3.63) is 40.5 Å². The smallest absolute Gasteiger partial charge is 0.410 e. The molecule has 1 amide bonds. The Morgan fingerprint density at radius 3 is 2.61 bits per heavy atom. The van der Waals surface area contributed by atoms with Gasteiger partial charge in [0, 0.05) is 18.7 Å². The van der Waals surface area contributed by atoms with E-state index in [1.807, 2.05) is 39.0 Å². The van der Waals surface area contributed by atoms with Crippen LogP contribution >= 0.6 is 0 Å². The first-order valence-corrected chi connectivity index (χ1v) is 7.67. The second-order valence-corrected chi connectivity index (χ2v) is 6.77. The van der Waals surface area contributed by atoms with Crippen LogP contribution in [0.5, 0.6) is 0 Å². The third-order valence-electron chi connectivity index (χ3n) is 3.66. The van der Waals surface area contributed by atoms with Crippen molar-refractivity contribution >= 4 is 18.1 Å². The summed E-state index contributed by atoms with van der Waals surface area (Å²) >= 11 is 0. The standard InChI is InChI=1S/C18H23NO4/c1-12(16(20)21)10-13-6-5-7-14-11-19(9-8-15(13)14)17(22)23-18(2,3)4/h5-7,10H,8-9,11H2,1-4H3,(H,20,21). The molecule has 1 N–H and O–H groups in total. The lowest BCUT2D eigenvalue weighted by Gasteiger charge is -2.31. The zero-order valence-electron chi connectivity index (χ0n) is 14.0. The second-order valence-electron chi connectivity index (χ2n) is 6.77. The largest absolute Gasteiger partial charge is 0.478 e. The van der Waals surface area contributed by atoms with Crippen LogP contribution in [0.3, 0.4) is 0 Å². The van der Waals surface area contributed by atoms with Crippen molar-refractivity contribution < 1.29 is 19.4 Å². The van der Waals surface area contributed by atoms with Crippen molar-refractivity contribution in [3.8, 4) is 0 Å². The van der Waals surface area contributed by atoms with Crippen LogP contribution in [-0.4, -0.2) is 34.2 Å². The summed E-state index contributed by atoms with van der Waals surface area (Å²) in [6, 6.07) is 5.77. The molecule has 5 heteroatoms. The molecule has 1 aromatic rings. The van der Waals surface area contributed by atoms with Crippen molar-refractivity contribution in [2.24, 2.45) is 0 Å². The molecule has 0 aliphatic carbocycles. The summed E-state index contributed by atoms with van der Waals surface area (Å²) in [5.41, 5.74) is 2.83. The first-order chi connectivity index (χ1) is 10.7. The van der Waals surface area contributed by atoms with Crippen LogP contribution in [-0.2, 0) is 22.5 Å². The molecule has 5 nitrogen and oxygen atoms in total. The Morgan fingerprint density at radius 2 is 2.00 bits per heavy atom. The van der Waals surface area contributed by atoms with Crippen LogP contribution in [0, 0.1) is 0 Å². The van der Waals surface area contributed by atoms with Gasteiger partial charge in [0.05, 0.1) is 0 Å². The Balaban J connectivity index is 2.22. The summed E-state index contributed by atoms with van der Waals surface area (Å²) in [6.45, 7) is 8.18. The molecular weight excluding hydrogens is 294 g/mol. The number of hydrogen-bond acceptors (Lipinski definition) is 3. The van der Waals surface area contributed by atoms with Crippen molar-refractivity contribution in [2.75, 3.05) is 6.54 Å². The minimum Gasteiger partial charge on any atom is -0.478 e. The lowest BCUT2D eigenvalue weighted by Crippen LogP contribution is -2.40. The average Bonchev–Trinajstić information content (AvgIpc) is 2.45. The highest BCUT2D eigenvalue weighted by molar-refractivity contribution is 5.91. The number of carbonyl (C=O) groups is 2. The van der Waals surface area contributed by atoms with Crippen LogP contribution in [0.4, 0.5) is 4.79 Å². The number of amides is 1. The SMILES string of the molecule is CC(=Cc1cccc2c1CCN(C(=O)OC(C)(C)C)C2)C(=O)O. The van der Waals surface area contributed by atoms with Gasteiger partial charge >= 0.3 is 12.1 Å². The Hall–Kier alpha value is -2.30. The van der Waals surface area contributed by atoms with Crippen LogP contribution in [0.15, 0.2) is 23.8 Å². The van der Waals surface area contributed by atoms with E-state index in [4.69, 9.17) is 9.84 Å². The van der Waals surface area contributed by atoms with Crippen LogP contribution < -0.4 is 0 Å². The van der Waals surface area contributed by atoms with E-state index in [0.717, 1.165) is 16.7 Å². The molecule has 1 heterocycles. The fourth-order valence-corrected chi connectivity index (χ4v) is 2.55. The summed E-state index contributed by atoms with van der Waals surface area (Å²) in [5, 5.41) is 9.03. The van der Waals surface area contributed by atoms with E-state index in [1.165, 1.54) is 0 Å². The molecule has 1 aromatic carbocycles. The molecule has 0 saturated carbocycles. The van der Waals surface area contributed by atoms with Gasteiger partial charge in [0.25, 0.3) is 0 Å². The minimum atomic E-state index is -0.922. The zero-order chi connectivity index (χ0) is 17.2. The zero-order valence-corrected chi connectivity index (χ0v) is 14.0. The highest BCUT2D eigenvalue weighted by Gasteiger charge is 2.26. The molecule has 2 rings (SSSR count). The van der Waals surface area contributed by atoms with Gasteiger partial charge in [-0.05, 0) is 56.9 Å². The monoisotopic (exact) mass is 317 g/mol. The lowest BCUT2D eigenvalue weighted by atomic mass is 9.93. The number of aliphatic carboxylic acids is 1. The molecule has 0 bridgehead atoms. The van der Waals surface area contributed by atoms with E-state index in [-0.39, 0.29) is 6.09 Å². The summed E-state index contributed by atoms with van der Waals surface area (Å²) in [7, 11) is 0. The molecule has 0 saturated heterocycles. The molecule has 1 aliphatic rings.